The maximum atomic E-state index is 14.0. The molecule has 1 heterocycles. The monoisotopic (exact) mass is 489 g/mol. The number of thiazole rings is 1. The Morgan fingerprint density at radius 2 is 1.85 bits per heavy atom. The summed E-state index contributed by atoms with van der Waals surface area (Å²) in [6.45, 7) is 0.235. The van der Waals surface area contributed by atoms with Crippen molar-refractivity contribution >= 4 is 45.7 Å². The van der Waals surface area contributed by atoms with Crippen molar-refractivity contribution in [3.63, 3.8) is 0 Å². The van der Waals surface area contributed by atoms with Crippen molar-refractivity contribution < 1.29 is 23.2 Å². The van der Waals surface area contributed by atoms with Crippen LogP contribution >= 0.6 is 22.9 Å². The average molecular weight is 490 g/mol. The maximum Gasteiger partial charge on any atom is 0.261 e. The number of nitrogens with one attached hydrogen (secondary N) is 2. The first-order valence-corrected chi connectivity index (χ1v) is 11.3. The molecule has 2 N–H and O–H groups in total. The number of anilines is 1. The van der Waals surface area contributed by atoms with E-state index >= 15 is 0 Å². The number of carbonyl (C=O) groups excluding carboxylic acids is 3. The van der Waals surface area contributed by atoms with Crippen LogP contribution in [0.15, 0.2) is 42.5 Å². The molecule has 1 aromatic heterocycles. The number of ketones is 1. The summed E-state index contributed by atoms with van der Waals surface area (Å²) in [5.41, 5.74) is 0.584. The number of carbonyl (C=O) groups is 3. The van der Waals surface area contributed by atoms with E-state index in [0.29, 0.717) is 22.6 Å². The summed E-state index contributed by atoms with van der Waals surface area (Å²) < 4.78 is 27.7. The van der Waals surface area contributed by atoms with E-state index in [9.17, 15) is 23.2 Å². The highest BCUT2D eigenvalue weighted by Gasteiger charge is 2.33. The van der Waals surface area contributed by atoms with E-state index < -0.39 is 17.6 Å². The summed E-state index contributed by atoms with van der Waals surface area (Å²) in [7, 11) is 0. The van der Waals surface area contributed by atoms with E-state index in [4.69, 9.17) is 11.6 Å². The molecule has 10 heteroatoms. The minimum Gasteiger partial charge on any atom is -0.356 e. The molecule has 1 aliphatic carbocycles. The van der Waals surface area contributed by atoms with Gasteiger partial charge in [-0.05, 0) is 30.2 Å². The van der Waals surface area contributed by atoms with Crippen molar-refractivity contribution in [3.8, 4) is 0 Å². The molecule has 0 saturated heterocycles. The fourth-order valence-electron chi connectivity index (χ4n) is 3.61. The molecular formula is C23H18ClF2N3O3S. The molecule has 6 nitrogen and oxygen atoms in total. The van der Waals surface area contributed by atoms with Crippen LogP contribution in [0.1, 0.15) is 37.7 Å². The zero-order chi connectivity index (χ0) is 23.5. The molecule has 4 rings (SSSR count). The number of fused-ring (bicyclic) bond motifs is 1. The van der Waals surface area contributed by atoms with E-state index in [1.54, 1.807) is 18.2 Å². The van der Waals surface area contributed by atoms with Crippen molar-refractivity contribution in [2.24, 2.45) is 5.92 Å². The number of halogens is 3. The molecule has 0 spiro atoms. The van der Waals surface area contributed by atoms with Crippen molar-refractivity contribution in [2.75, 3.05) is 11.9 Å². The zero-order valence-corrected chi connectivity index (χ0v) is 18.7. The van der Waals surface area contributed by atoms with Gasteiger partial charge in [-0.25, -0.2) is 13.8 Å². The minimum atomic E-state index is -0.779. The van der Waals surface area contributed by atoms with Crippen LogP contribution in [-0.4, -0.2) is 29.1 Å². The molecule has 1 atom stereocenters. The Kier molecular flexibility index (Phi) is 6.80. The van der Waals surface area contributed by atoms with Gasteiger partial charge in [-0.15, -0.1) is 0 Å². The van der Waals surface area contributed by atoms with Crippen LogP contribution in [0, 0.1) is 17.6 Å². The maximum absolute atomic E-state index is 14.0. The molecular weight excluding hydrogens is 472 g/mol. The molecule has 2 amide bonds. The van der Waals surface area contributed by atoms with Crippen LogP contribution in [-0.2, 0) is 17.6 Å². The molecule has 0 fully saturated rings. The predicted molar refractivity (Wildman–Crippen MR) is 121 cm³/mol. The Balaban J connectivity index is 1.39. The molecule has 33 heavy (non-hydrogen) atoms. The second kappa shape index (κ2) is 9.76. The summed E-state index contributed by atoms with van der Waals surface area (Å²) in [6.07, 6.45) is 0.558. The number of rotatable bonds is 6. The highest BCUT2D eigenvalue weighted by molar-refractivity contribution is 7.17. The van der Waals surface area contributed by atoms with Gasteiger partial charge in [0, 0.05) is 19.4 Å². The van der Waals surface area contributed by atoms with Crippen molar-refractivity contribution in [1.82, 2.24) is 10.3 Å². The van der Waals surface area contributed by atoms with Gasteiger partial charge >= 0.3 is 0 Å². The van der Waals surface area contributed by atoms with Crippen LogP contribution in [0.3, 0.4) is 0 Å². The number of aromatic nitrogens is 1. The molecule has 0 saturated carbocycles. The van der Waals surface area contributed by atoms with Gasteiger partial charge in [0.15, 0.2) is 10.9 Å². The Morgan fingerprint density at radius 1 is 1.09 bits per heavy atom. The highest BCUT2D eigenvalue weighted by Crippen LogP contribution is 2.33. The number of nitrogens with zero attached hydrogens (tertiary/aromatic N) is 1. The third-order valence-corrected chi connectivity index (χ3v) is 6.62. The van der Waals surface area contributed by atoms with Crippen LogP contribution in [0.5, 0.6) is 0 Å². The molecule has 2 aromatic carbocycles. The number of Topliss-reactive ketones (excluding diaryl/α,β-unsaturated/α-hetero) is 1. The molecule has 1 aliphatic rings. The third kappa shape index (κ3) is 5.09. The van der Waals surface area contributed by atoms with Crippen LogP contribution < -0.4 is 10.6 Å². The standard InChI is InChI=1S/C23H18ClF2N3O3S/c24-14-5-3-7-16(26)19(14)22(32)29-23-28-17-10-13(11-18(30)20(17)33-23)21(31)27-9-8-12-4-1-2-6-15(12)25/h1-7,13H,8-11H2,(H,27,31)(H,28,29,32)/t13-/m0/s1. The lowest BCUT2D eigenvalue weighted by Crippen LogP contribution is -2.36. The Labute approximate surface area is 197 Å². The average Bonchev–Trinajstić information content (AvgIpc) is 3.18. The summed E-state index contributed by atoms with van der Waals surface area (Å²) in [5, 5.41) is 5.30. The van der Waals surface area contributed by atoms with Gasteiger partial charge in [-0.1, -0.05) is 47.2 Å². The number of hydrogen-bond donors (Lipinski definition) is 2. The molecule has 3 aromatic rings. The predicted octanol–water partition coefficient (Wildman–Crippen LogP) is 4.43. The summed E-state index contributed by atoms with van der Waals surface area (Å²) in [5.74, 6) is -3.08. The second-order valence-electron chi connectivity index (χ2n) is 7.51. The first-order valence-electron chi connectivity index (χ1n) is 10.1. The fourth-order valence-corrected chi connectivity index (χ4v) is 4.79. The largest absolute Gasteiger partial charge is 0.356 e. The smallest absolute Gasteiger partial charge is 0.261 e. The van der Waals surface area contributed by atoms with Gasteiger partial charge in [-0.2, -0.15) is 0 Å². The summed E-state index contributed by atoms with van der Waals surface area (Å²) >= 11 is 6.90. The SMILES string of the molecule is O=C1C[C@@H](C(=O)NCCc2ccccc2F)Cc2nc(NC(=O)c3c(F)cccc3Cl)sc21. The summed E-state index contributed by atoms with van der Waals surface area (Å²) in [4.78, 5) is 42.2. The lowest BCUT2D eigenvalue weighted by atomic mass is 9.89. The molecule has 170 valence electrons. The van der Waals surface area contributed by atoms with Crippen LogP contribution in [0.4, 0.5) is 13.9 Å². The summed E-state index contributed by atoms with van der Waals surface area (Å²) in [6, 6.07) is 10.2. The van der Waals surface area contributed by atoms with Gasteiger partial charge in [0.2, 0.25) is 5.91 Å². The van der Waals surface area contributed by atoms with Gasteiger partial charge in [0.1, 0.15) is 11.6 Å². The first-order chi connectivity index (χ1) is 15.8. The van der Waals surface area contributed by atoms with Gasteiger partial charge in [-0.3, -0.25) is 19.7 Å². The first kappa shape index (κ1) is 23.0. The minimum absolute atomic E-state index is 0.00720. The van der Waals surface area contributed by atoms with Crippen molar-refractivity contribution in [2.45, 2.75) is 19.3 Å². The Hall–Kier alpha value is -3.17. The Bertz CT molecular complexity index is 1230. The van der Waals surface area contributed by atoms with E-state index in [0.717, 1.165) is 17.4 Å². The molecule has 0 bridgehead atoms. The molecule has 0 radical (unpaired) electrons. The number of hydrogen-bond acceptors (Lipinski definition) is 5. The number of benzene rings is 2. The van der Waals surface area contributed by atoms with Gasteiger partial charge in [0.05, 0.1) is 27.1 Å². The lowest BCUT2D eigenvalue weighted by Gasteiger charge is -2.19. The lowest BCUT2D eigenvalue weighted by molar-refractivity contribution is -0.125. The van der Waals surface area contributed by atoms with Gasteiger partial charge in [0.25, 0.3) is 5.91 Å². The topological polar surface area (TPSA) is 88.2 Å². The number of amides is 2. The normalized spacial score (nSPS) is 15.1. The van der Waals surface area contributed by atoms with E-state index in [-0.39, 0.29) is 52.6 Å². The van der Waals surface area contributed by atoms with Crippen LogP contribution in [0.2, 0.25) is 5.02 Å². The van der Waals surface area contributed by atoms with Crippen molar-refractivity contribution in [1.29, 1.82) is 0 Å². The van der Waals surface area contributed by atoms with E-state index in [2.05, 4.69) is 15.6 Å². The van der Waals surface area contributed by atoms with Crippen molar-refractivity contribution in [3.05, 3.63) is 80.8 Å². The highest BCUT2D eigenvalue weighted by atomic mass is 35.5. The van der Waals surface area contributed by atoms with Crippen LogP contribution in [0.25, 0.3) is 0 Å². The van der Waals surface area contributed by atoms with E-state index in [1.165, 1.54) is 18.2 Å². The van der Waals surface area contributed by atoms with E-state index in [1.807, 2.05) is 0 Å². The fraction of sp³-hybridized carbons (Fsp3) is 0.217. The molecule has 0 aliphatic heterocycles. The quantitative estimate of drug-likeness (QED) is 0.536. The molecule has 0 unspecified atom stereocenters. The third-order valence-electron chi connectivity index (χ3n) is 5.25. The second-order valence-corrected chi connectivity index (χ2v) is 8.91. The zero-order valence-electron chi connectivity index (χ0n) is 17.2. The van der Waals surface area contributed by atoms with Gasteiger partial charge < -0.3 is 5.32 Å². The Morgan fingerprint density at radius 3 is 2.61 bits per heavy atom.